The van der Waals surface area contributed by atoms with Gasteiger partial charge in [0.1, 0.15) is 5.82 Å². The molecule has 1 aliphatic rings. The first-order chi connectivity index (χ1) is 11.6. The fourth-order valence-electron chi connectivity index (χ4n) is 3.40. The number of carbonyl (C=O) groups is 1. The molecule has 0 saturated carbocycles. The van der Waals surface area contributed by atoms with Crippen LogP contribution in [0.25, 0.3) is 10.9 Å². The minimum Gasteiger partial charge on any atom is -0.315 e. The third-order valence-corrected chi connectivity index (χ3v) is 4.76. The Bertz CT molecular complexity index is 1020. The first-order valence-corrected chi connectivity index (χ1v) is 7.89. The van der Waals surface area contributed by atoms with Gasteiger partial charge in [-0.05, 0) is 23.8 Å². The topological polar surface area (TPSA) is 55.2 Å². The summed E-state index contributed by atoms with van der Waals surface area (Å²) in [6.07, 6.45) is 0.413. The highest BCUT2D eigenvalue weighted by Gasteiger charge is 2.35. The van der Waals surface area contributed by atoms with Crippen molar-refractivity contribution in [3.05, 3.63) is 70.3 Å². The lowest BCUT2D eigenvalue weighted by Gasteiger charge is -2.13. The van der Waals surface area contributed by atoms with E-state index in [9.17, 15) is 9.59 Å². The highest BCUT2D eigenvalue weighted by atomic mass is 16.2. The Morgan fingerprint density at radius 3 is 2.54 bits per heavy atom. The first kappa shape index (κ1) is 14.6. The lowest BCUT2D eigenvalue weighted by Crippen LogP contribution is -2.28. The van der Waals surface area contributed by atoms with Crippen molar-refractivity contribution >= 4 is 22.5 Å². The molecule has 4 rings (SSSR count). The van der Waals surface area contributed by atoms with Crippen LogP contribution >= 0.6 is 0 Å². The van der Waals surface area contributed by atoms with Gasteiger partial charge in [0, 0.05) is 26.2 Å². The standard InChI is InChI=1S/C19H17N3O2/c1-21-16-10-6-4-7-12(16)14(19(21)24)11-17-20-15-9-5-3-8-13(15)18(23)22(17)2/h3-10,14H,11H2,1-2H3. The van der Waals surface area contributed by atoms with Gasteiger partial charge >= 0.3 is 0 Å². The van der Waals surface area contributed by atoms with E-state index in [1.165, 1.54) is 0 Å². The average molecular weight is 319 g/mol. The number of rotatable bonds is 2. The van der Waals surface area contributed by atoms with Gasteiger partial charge in [-0.3, -0.25) is 14.2 Å². The zero-order valence-corrected chi connectivity index (χ0v) is 13.6. The number of likely N-dealkylation sites (N-methyl/N-ethyl adjacent to an activating group) is 1. The normalized spacial score (nSPS) is 16.7. The van der Waals surface area contributed by atoms with Crippen LogP contribution in [-0.4, -0.2) is 22.5 Å². The van der Waals surface area contributed by atoms with Gasteiger partial charge in [-0.2, -0.15) is 0 Å². The van der Waals surface area contributed by atoms with Crippen LogP contribution in [0.5, 0.6) is 0 Å². The molecule has 1 unspecified atom stereocenters. The van der Waals surface area contributed by atoms with Gasteiger partial charge in [0.25, 0.3) is 5.56 Å². The number of nitrogens with zero attached hydrogens (tertiary/aromatic N) is 3. The zero-order valence-electron chi connectivity index (χ0n) is 13.6. The van der Waals surface area contributed by atoms with E-state index in [1.807, 2.05) is 42.5 Å². The molecule has 1 aliphatic heterocycles. The molecule has 0 spiro atoms. The lowest BCUT2D eigenvalue weighted by atomic mass is 9.97. The van der Waals surface area contributed by atoms with Crippen LogP contribution < -0.4 is 10.5 Å². The van der Waals surface area contributed by atoms with Gasteiger partial charge in [-0.15, -0.1) is 0 Å². The summed E-state index contributed by atoms with van der Waals surface area (Å²) in [4.78, 5) is 31.5. The summed E-state index contributed by atoms with van der Waals surface area (Å²) in [7, 11) is 3.50. The molecule has 1 amide bonds. The van der Waals surface area contributed by atoms with E-state index < -0.39 is 0 Å². The molecule has 120 valence electrons. The molecule has 1 atom stereocenters. The lowest BCUT2D eigenvalue weighted by molar-refractivity contribution is -0.119. The fourth-order valence-corrected chi connectivity index (χ4v) is 3.40. The van der Waals surface area contributed by atoms with Gasteiger partial charge < -0.3 is 4.90 Å². The van der Waals surface area contributed by atoms with Crippen molar-refractivity contribution in [2.24, 2.45) is 7.05 Å². The number of aromatic nitrogens is 2. The Labute approximate surface area is 139 Å². The molecule has 0 fully saturated rings. The SMILES string of the molecule is CN1C(=O)C(Cc2nc3ccccc3c(=O)n2C)c2ccccc21. The number of hydrogen-bond acceptors (Lipinski definition) is 3. The molecule has 0 bridgehead atoms. The van der Waals surface area contributed by atoms with Gasteiger partial charge in [0.05, 0.1) is 16.8 Å². The van der Waals surface area contributed by atoms with Gasteiger partial charge in [0.2, 0.25) is 5.91 Å². The minimum absolute atomic E-state index is 0.0404. The summed E-state index contributed by atoms with van der Waals surface area (Å²) in [5.74, 6) is 0.367. The number of hydrogen-bond donors (Lipinski definition) is 0. The largest absolute Gasteiger partial charge is 0.315 e. The molecule has 5 heteroatoms. The van der Waals surface area contributed by atoms with Crippen LogP contribution in [-0.2, 0) is 18.3 Å². The molecular formula is C19H17N3O2. The highest BCUT2D eigenvalue weighted by molar-refractivity contribution is 6.04. The van der Waals surface area contributed by atoms with Crippen molar-refractivity contribution in [2.45, 2.75) is 12.3 Å². The number of fused-ring (bicyclic) bond motifs is 2. The Hall–Kier alpha value is -2.95. The molecule has 1 aromatic heterocycles. The number of amides is 1. The highest BCUT2D eigenvalue weighted by Crippen LogP contribution is 2.37. The molecule has 24 heavy (non-hydrogen) atoms. The number of carbonyl (C=O) groups excluding carboxylic acids is 1. The number of anilines is 1. The Kier molecular flexibility index (Phi) is 3.23. The average Bonchev–Trinajstić information content (AvgIpc) is 2.85. The van der Waals surface area contributed by atoms with Gasteiger partial charge in [0.15, 0.2) is 0 Å². The van der Waals surface area contributed by atoms with Crippen LogP contribution in [0.1, 0.15) is 17.3 Å². The van der Waals surface area contributed by atoms with E-state index in [2.05, 4.69) is 4.98 Å². The van der Waals surface area contributed by atoms with Crippen molar-refractivity contribution < 1.29 is 4.79 Å². The maximum absolute atomic E-state index is 12.6. The molecule has 0 aliphatic carbocycles. The molecule has 5 nitrogen and oxygen atoms in total. The van der Waals surface area contributed by atoms with E-state index in [4.69, 9.17) is 0 Å². The summed E-state index contributed by atoms with van der Waals surface area (Å²) in [6.45, 7) is 0. The molecular weight excluding hydrogens is 302 g/mol. The maximum atomic E-state index is 12.6. The summed E-state index contributed by atoms with van der Waals surface area (Å²) in [5.41, 5.74) is 2.51. The van der Waals surface area contributed by atoms with Crippen molar-refractivity contribution in [1.29, 1.82) is 0 Å². The molecule has 0 saturated heterocycles. The quantitative estimate of drug-likeness (QED) is 0.728. The predicted octanol–water partition coefficient (Wildman–Crippen LogP) is 2.24. The monoisotopic (exact) mass is 319 g/mol. The van der Waals surface area contributed by atoms with E-state index in [1.54, 1.807) is 29.6 Å². The maximum Gasteiger partial charge on any atom is 0.261 e. The number of para-hydroxylation sites is 2. The van der Waals surface area contributed by atoms with Gasteiger partial charge in [-0.1, -0.05) is 30.3 Å². The van der Waals surface area contributed by atoms with Crippen LogP contribution in [0, 0.1) is 0 Å². The number of benzene rings is 2. The van der Waals surface area contributed by atoms with E-state index in [0.29, 0.717) is 23.1 Å². The molecule has 2 aromatic carbocycles. The fraction of sp³-hybridized carbons (Fsp3) is 0.211. The molecule has 0 radical (unpaired) electrons. The van der Waals surface area contributed by atoms with E-state index in [-0.39, 0.29) is 17.4 Å². The Balaban J connectivity index is 1.82. The minimum atomic E-state index is -0.300. The predicted molar refractivity (Wildman–Crippen MR) is 93.3 cm³/mol. The first-order valence-electron chi connectivity index (χ1n) is 7.89. The second kappa shape index (κ2) is 5.30. The van der Waals surface area contributed by atoms with Crippen LogP contribution in [0.4, 0.5) is 5.69 Å². The third-order valence-electron chi connectivity index (χ3n) is 4.76. The summed E-state index contributed by atoms with van der Waals surface area (Å²) < 4.78 is 1.55. The zero-order chi connectivity index (χ0) is 16.8. The second-order valence-electron chi connectivity index (χ2n) is 6.12. The molecule has 0 N–H and O–H groups in total. The van der Waals surface area contributed by atoms with Gasteiger partial charge in [-0.25, -0.2) is 4.98 Å². The smallest absolute Gasteiger partial charge is 0.261 e. The van der Waals surface area contributed by atoms with Crippen molar-refractivity contribution in [1.82, 2.24) is 9.55 Å². The van der Waals surface area contributed by atoms with E-state index >= 15 is 0 Å². The van der Waals surface area contributed by atoms with Crippen LogP contribution in [0.15, 0.2) is 53.3 Å². The second-order valence-corrected chi connectivity index (χ2v) is 6.12. The third kappa shape index (κ3) is 2.05. The Morgan fingerprint density at radius 2 is 1.71 bits per heavy atom. The molecule has 2 heterocycles. The van der Waals surface area contributed by atoms with Crippen molar-refractivity contribution in [3.63, 3.8) is 0 Å². The van der Waals surface area contributed by atoms with Crippen LogP contribution in [0.2, 0.25) is 0 Å². The van der Waals surface area contributed by atoms with Crippen LogP contribution in [0.3, 0.4) is 0 Å². The summed E-state index contributed by atoms with van der Waals surface area (Å²) in [5, 5.41) is 0.596. The van der Waals surface area contributed by atoms with Crippen molar-refractivity contribution in [3.8, 4) is 0 Å². The van der Waals surface area contributed by atoms with Crippen molar-refractivity contribution in [2.75, 3.05) is 11.9 Å². The molecule has 3 aromatic rings. The summed E-state index contributed by atoms with van der Waals surface area (Å²) in [6, 6.07) is 15.1. The summed E-state index contributed by atoms with van der Waals surface area (Å²) >= 11 is 0. The van der Waals surface area contributed by atoms with E-state index in [0.717, 1.165) is 11.3 Å². The Morgan fingerprint density at radius 1 is 1.00 bits per heavy atom.